The van der Waals surface area contributed by atoms with Crippen LogP contribution in [0, 0.1) is 0 Å². The first-order valence-electron chi connectivity index (χ1n) is 6.13. The number of nitrogens with zero attached hydrogens (tertiary/aromatic N) is 1. The molecule has 106 valence electrons. The number of carbonyl (C=O) groups is 1. The van der Waals surface area contributed by atoms with Gasteiger partial charge in [0.25, 0.3) is 0 Å². The van der Waals surface area contributed by atoms with Crippen molar-refractivity contribution in [2.75, 3.05) is 19.3 Å². The number of hydrogen-bond acceptors (Lipinski definition) is 3. The largest absolute Gasteiger partial charge is 0.478 e. The van der Waals surface area contributed by atoms with E-state index in [9.17, 15) is 13.2 Å². The Labute approximate surface area is 113 Å². The van der Waals surface area contributed by atoms with E-state index in [1.165, 1.54) is 17.4 Å². The van der Waals surface area contributed by atoms with Gasteiger partial charge in [0.05, 0.1) is 11.3 Å². The molecular weight excluding hydrogens is 266 g/mol. The normalized spacial score (nSPS) is 11.7. The Morgan fingerprint density at radius 2 is 1.95 bits per heavy atom. The molecular formula is C13H19NO4S. The molecule has 1 aromatic carbocycles. The molecule has 0 aliphatic carbocycles. The van der Waals surface area contributed by atoms with Crippen molar-refractivity contribution in [3.63, 3.8) is 0 Å². The number of aromatic carboxylic acids is 1. The number of benzene rings is 1. The minimum atomic E-state index is -3.23. The maximum Gasteiger partial charge on any atom is 0.335 e. The van der Waals surface area contributed by atoms with E-state index in [-0.39, 0.29) is 17.9 Å². The molecule has 0 spiro atoms. The zero-order valence-electron chi connectivity index (χ0n) is 11.2. The summed E-state index contributed by atoms with van der Waals surface area (Å²) in [6.45, 7) is 2.09. The molecule has 1 aromatic rings. The third-order valence-electron chi connectivity index (χ3n) is 2.88. The maximum absolute atomic E-state index is 11.8. The Kier molecular flexibility index (Phi) is 5.50. The molecule has 6 heteroatoms. The van der Waals surface area contributed by atoms with Crippen LogP contribution in [0.15, 0.2) is 24.3 Å². The minimum absolute atomic E-state index is 0.115. The highest BCUT2D eigenvalue weighted by atomic mass is 32.2. The first-order chi connectivity index (χ1) is 8.88. The molecule has 0 bridgehead atoms. The van der Waals surface area contributed by atoms with Gasteiger partial charge in [-0.2, -0.15) is 0 Å². The van der Waals surface area contributed by atoms with E-state index in [1.807, 2.05) is 6.92 Å². The number of sulfonamides is 1. The average Bonchev–Trinajstić information content (AvgIpc) is 2.36. The number of carboxylic acid groups (broad SMARTS) is 1. The fourth-order valence-corrected chi connectivity index (χ4v) is 2.97. The van der Waals surface area contributed by atoms with Crippen LogP contribution >= 0.6 is 0 Å². The lowest BCUT2D eigenvalue weighted by Crippen LogP contribution is -2.31. The summed E-state index contributed by atoms with van der Waals surface area (Å²) in [6, 6.07) is 6.65. The van der Waals surface area contributed by atoms with Crippen molar-refractivity contribution < 1.29 is 18.3 Å². The van der Waals surface area contributed by atoms with Gasteiger partial charge in [0, 0.05) is 13.6 Å². The Morgan fingerprint density at radius 1 is 1.32 bits per heavy atom. The minimum Gasteiger partial charge on any atom is -0.478 e. The van der Waals surface area contributed by atoms with Crippen LogP contribution in [-0.4, -0.2) is 43.1 Å². The molecule has 0 fully saturated rings. The molecule has 0 aliphatic rings. The second kappa shape index (κ2) is 6.68. The molecule has 0 aliphatic heterocycles. The van der Waals surface area contributed by atoms with E-state index in [4.69, 9.17) is 5.11 Å². The van der Waals surface area contributed by atoms with Crippen molar-refractivity contribution in [1.29, 1.82) is 0 Å². The summed E-state index contributed by atoms with van der Waals surface area (Å²) in [5.41, 5.74) is 0.873. The summed E-state index contributed by atoms with van der Waals surface area (Å²) in [7, 11) is -1.71. The highest BCUT2D eigenvalue weighted by Gasteiger charge is 2.17. The van der Waals surface area contributed by atoms with Crippen LogP contribution in [0.25, 0.3) is 0 Å². The summed E-state index contributed by atoms with van der Waals surface area (Å²) in [5, 5.41) is 9.04. The van der Waals surface area contributed by atoms with Crippen molar-refractivity contribution in [2.45, 2.75) is 19.8 Å². The number of hydrogen-bond donors (Lipinski definition) is 1. The Bertz CT molecular complexity index is 539. The van der Waals surface area contributed by atoms with E-state index in [1.54, 1.807) is 18.2 Å². The standard InChI is InChI=1S/C13H19NO4S/c1-3-10-19(17,18)14(2)9-8-11-6-4-5-7-12(11)13(15)16/h4-7H,3,8-10H2,1-2H3,(H,15,16). The van der Waals surface area contributed by atoms with Crippen LogP contribution in [0.3, 0.4) is 0 Å². The van der Waals surface area contributed by atoms with Gasteiger partial charge in [-0.05, 0) is 24.5 Å². The molecule has 0 heterocycles. The third kappa shape index (κ3) is 4.33. The lowest BCUT2D eigenvalue weighted by molar-refractivity contribution is 0.0695. The third-order valence-corrected chi connectivity index (χ3v) is 4.94. The van der Waals surface area contributed by atoms with Gasteiger partial charge < -0.3 is 5.11 Å². The van der Waals surface area contributed by atoms with Gasteiger partial charge in [-0.1, -0.05) is 25.1 Å². The molecule has 0 aromatic heterocycles. The van der Waals surface area contributed by atoms with E-state index >= 15 is 0 Å². The Morgan fingerprint density at radius 3 is 2.53 bits per heavy atom. The molecule has 0 atom stereocenters. The van der Waals surface area contributed by atoms with E-state index < -0.39 is 16.0 Å². The smallest absolute Gasteiger partial charge is 0.335 e. The molecule has 1 rings (SSSR count). The fourth-order valence-electron chi connectivity index (χ4n) is 1.78. The van der Waals surface area contributed by atoms with Gasteiger partial charge in [-0.25, -0.2) is 17.5 Å². The van der Waals surface area contributed by atoms with Crippen molar-refractivity contribution in [2.24, 2.45) is 0 Å². The van der Waals surface area contributed by atoms with Gasteiger partial charge in [0.1, 0.15) is 0 Å². The predicted octanol–water partition coefficient (Wildman–Crippen LogP) is 1.60. The quantitative estimate of drug-likeness (QED) is 0.825. The average molecular weight is 285 g/mol. The van der Waals surface area contributed by atoms with Gasteiger partial charge in [0.15, 0.2) is 0 Å². The molecule has 0 saturated heterocycles. The molecule has 1 N–H and O–H groups in total. The maximum atomic E-state index is 11.8. The van der Waals surface area contributed by atoms with E-state index in [0.29, 0.717) is 18.4 Å². The molecule has 0 amide bonds. The van der Waals surface area contributed by atoms with Crippen LogP contribution in [-0.2, 0) is 16.4 Å². The monoisotopic (exact) mass is 285 g/mol. The molecule has 0 saturated carbocycles. The summed E-state index contributed by atoms with van der Waals surface area (Å²) < 4.78 is 24.8. The Hall–Kier alpha value is -1.40. The summed E-state index contributed by atoms with van der Waals surface area (Å²) in [5.74, 6) is -0.876. The SMILES string of the molecule is CCCS(=O)(=O)N(C)CCc1ccccc1C(=O)O. The second-order valence-corrected chi connectivity index (χ2v) is 6.55. The zero-order chi connectivity index (χ0) is 14.5. The Balaban J connectivity index is 2.75. The zero-order valence-corrected chi connectivity index (χ0v) is 12.0. The highest BCUT2D eigenvalue weighted by molar-refractivity contribution is 7.89. The number of carboxylic acids is 1. The lowest BCUT2D eigenvalue weighted by Gasteiger charge is -2.17. The van der Waals surface area contributed by atoms with Crippen molar-refractivity contribution in [3.8, 4) is 0 Å². The van der Waals surface area contributed by atoms with Crippen LogP contribution < -0.4 is 0 Å². The van der Waals surface area contributed by atoms with Crippen LogP contribution in [0.1, 0.15) is 29.3 Å². The number of likely N-dealkylation sites (N-methyl/N-ethyl adjacent to an activating group) is 1. The van der Waals surface area contributed by atoms with Gasteiger partial charge in [-0.15, -0.1) is 0 Å². The summed E-state index contributed by atoms with van der Waals surface area (Å²) in [6.07, 6.45) is 0.959. The van der Waals surface area contributed by atoms with Crippen LogP contribution in [0.5, 0.6) is 0 Å². The van der Waals surface area contributed by atoms with Gasteiger partial charge in [-0.3, -0.25) is 0 Å². The summed E-state index contributed by atoms with van der Waals surface area (Å²) in [4.78, 5) is 11.0. The number of rotatable bonds is 7. The van der Waals surface area contributed by atoms with Crippen LogP contribution in [0.4, 0.5) is 0 Å². The first-order valence-corrected chi connectivity index (χ1v) is 7.74. The fraction of sp³-hybridized carbons (Fsp3) is 0.462. The van der Waals surface area contributed by atoms with Crippen molar-refractivity contribution in [3.05, 3.63) is 35.4 Å². The first kappa shape index (κ1) is 15.7. The van der Waals surface area contributed by atoms with Crippen molar-refractivity contribution in [1.82, 2.24) is 4.31 Å². The second-order valence-electron chi connectivity index (χ2n) is 4.35. The van der Waals surface area contributed by atoms with Crippen LogP contribution in [0.2, 0.25) is 0 Å². The molecule has 5 nitrogen and oxygen atoms in total. The lowest BCUT2D eigenvalue weighted by atomic mass is 10.1. The highest BCUT2D eigenvalue weighted by Crippen LogP contribution is 2.11. The van der Waals surface area contributed by atoms with Gasteiger partial charge in [0.2, 0.25) is 10.0 Å². The molecule has 19 heavy (non-hydrogen) atoms. The molecule has 0 unspecified atom stereocenters. The topological polar surface area (TPSA) is 74.7 Å². The van der Waals surface area contributed by atoms with E-state index in [0.717, 1.165) is 0 Å². The van der Waals surface area contributed by atoms with Gasteiger partial charge >= 0.3 is 5.97 Å². The summed E-state index contributed by atoms with van der Waals surface area (Å²) >= 11 is 0. The van der Waals surface area contributed by atoms with Crippen molar-refractivity contribution >= 4 is 16.0 Å². The molecule has 0 radical (unpaired) electrons. The predicted molar refractivity (Wildman–Crippen MR) is 73.8 cm³/mol. The van der Waals surface area contributed by atoms with E-state index in [2.05, 4.69) is 0 Å².